The smallest absolute Gasteiger partial charge is 0.321 e. The molecule has 1 aliphatic rings. The molecule has 0 aliphatic carbocycles. The Labute approximate surface area is 141 Å². The lowest BCUT2D eigenvalue weighted by Gasteiger charge is -2.31. The summed E-state index contributed by atoms with van der Waals surface area (Å²) < 4.78 is 5.43. The second-order valence-electron chi connectivity index (χ2n) is 6.37. The fourth-order valence-corrected chi connectivity index (χ4v) is 2.89. The molecule has 6 nitrogen and oxygen atoms in total. The molecular weight excluding hydrogens is 306 g/mol. The molecule has 0 atom stereocenters. The van der Waals surface area contributed by atoms with Gasteiger partial charge in [-0.25, -0.2) is 9.78 Å². The number of nitrogens with zero attached hydrogens (tertiary/aromatic N) is 2. The molecule has 2 heterocycles. The van der Waals surface area contributed by atoms with E-state index >= 15 is 0 Å². The van der Waals surface area contributed by atoms with Crippen LogP contribution in [0, 0.1) is 19.8 Å². The van der Waals surface area contributed by atoms with Crippen LogP contribution in [0.5, 0.6) is 0 Å². The Balaban J connectivity index is 1.71. The van der Waals surface area contributed by atoms with Gasteiger partial charge in [-0.15, -0.1) is 0 Å². The maximum atomic E-state index is 12.5. The van der Waals surface area contributed by atoms with Gasteiger partial charge in [0.25, 0.3) is 0 Å². The summed E-state index contributed by atoms with van der Waals surface area (Å²) in [5, 5.41) is 12.2. The molecular formula is C18H23N3O3. The molecule has 6 heteroatoms. The van der Waals surface area contributed by atoms with Crippen LogP contribution in [0.3, 0.4) is 0 Å². The van der Waals surface area contributed by atoms with E-state index in [0.717, 1.165) is 35.3 Å². The zero-order valence-corrected chi connectivity index (χ0v) is 14.1. The first-order chi connectivity index (χ1) is 11.6. The van der Waals surface area contributed by atoms with Gasteiger partial charge in [-0.05, 0) is 50.3 Å². The number of aliphatic hydroxyl groups excluding tert-OH is 1. The zero-order chi connectivity index (χ0) is 17.1. The number of carbonyl (C=O) groups excluding carboxylic acids is 1. The third kappa shape index (κ3) is 3.59. The number of nitrogens with one attached hydrogen (secondary N) is 1. The molecule has 128 valence electrons. The largest absolute Gasteiger partial charge is 0.444 e. The van der Waals surface area contributed by atoms with Gasteiger partial charge in [0.05, 0.1) is 5.69 Å². The molecule has 24 heavy (non-hydrogen) atoms. The molecule has 1 aromatic heterocycles. The van der Waals surface area contributed by atoms with Crippen molar-refractivity contribution >= 4 is 11.7 Å². The van der Waals surface area contributed by atoms with Gasteiger partial charge in [0.2, 0.25) is 5.89 Å². The van der Waals surface area contributed by atoms with Crippen molar-refractivity contribution in [2.75, 3.05) is 25.0 Å². The van der Waals surface area contributed by atoms with Crippen LogP contribution in [0.15, 0.2) is 28.9 Å². The van der Waals surface area contributed by atoms with E-state index in [2.05, 4.69) is 10.3 Å². The number of hydrogen-bond acceptors (Lipinski definition) is 4. The molecule has 0 saturated carbocycles. The first kappa shape index (κ1) is 16.5. The minimum Gasteiger partial charge on any atom is -0.444 e. The number of amides is 2. The number of hydrogen-bond donors (Lipinski definition) is 2. The third-order valence-electron chi connectivity index (χ3n) is 4.51. The molecule has 3 rings (SSSR count). The number of rotatable bonds is 3. The molecule has 1 aromatic carbocycles. The number of carbonyl (C=O) groups is 1. The van der Waals surface area contributed by atoms with E-state index in [1.165, 1.54) is 0 Å². The van der Waals surface area contributed by atoms with Crippen molar-refractivity contribution in [3.63, 3.8) is 0 Å². The fraction of sp³-hybridized carbons (Fsp3) is 0.444. The number of piperidine rings is 1. The Morgan fingerprint density at radius 2 is 2.12 bits per heavy atom. The summed E-state index contributed by atoms with van der Waals surface area (Å²) in [5.41, 5.74) is 3.41. The minimum absolute atomic E-state index is 0.102. The number of anilines is 1. The Bertz CT molecular complexity index is 718. The lowest BCUT2D eigenvalue weighted by atomic mass is 9.98. The van der Waals surface area contributed by atoms with E-state index in [0.29, 0.717) is 24.9 Å². The molecule has 0 spiro atoms. The third-order valence-corrected chi connectivity index (χ3v) is 4.51. The van der Waals surface area contributed by atoms with Gasteiger partial charge in [-0.1, -0.05) is 6.07 Å². The molecule has 1 aliphatic heterocycles. The van der Waals surface area contributed by atoms with Crippen molar-refractivity contribution in [3.05, 3.63) is 35.7 Å². The number of urea groups is 1. The molecule has 0 unspecified atom stereocenters. The molecule has 1 saturated heterocycles. The second-order valence-corrected chi connectivity index (χ2v) is 6.37. The highest BCUT2D eigenvalue weighted by Gasteiger charge is 2.22. The van der Waals surface area contributed by atoms with E-state index in [9.17, 15) is 9.90 Å². The Kier molecular flexibility index (Phi) is 4.85. The molecule has 0 bridgehead atoms. The van der Waals surface area contributed by atoms with Crippen molar-refractivity contribution in [2.45, 2.75) is 26.7 Å². The first-order valence-corrected chi connectivity index (χ1v) is 8.26. The monoisotopic (exact) mass is 329 g/mol. The van der Waals surface area contributed by atoms with Crippen molar-refractivity contribution in [2.24, 2.45) is 5.92 Å². The maximum absolute atomic E-state index is 12.5. The van der Waals surface area contributed by atoms with Crippen molar-refractivity contribution in [1.82, 2.24) is 9.88 Å². The van der Waals surface area contributed by atoms with Gasteiger partial charge < -0.3 is 19.7 Å². The molecule has 0 radical (unpaired) electrons. The van der Waals surface area contributed by atoms with Crippen molar-refractivity contribution < 1.29 is 14.3 Å². The van der Waals surface area contributed by atoms with Crippen LogP contribution in [0.25, 0.3) is 11.5 Å². The van der Waals surface area contributed by atoms with Gasteiger partial charge in [0.15, 0.2) is 0 Å². The highest BCUT2D eigenvalue weighted by Crippen LogP contribution is 2.26. The molecule has 2 aromatic rings. The standard InChI is InChI=1S/C18H23N3O3/c1-12-3-4-15(17-19-13(2)11-24-17)9-16(12)20-18(23)21-7-5-14(10-22)6-8-21/h3-4,9,11,14,22H,5-8,10H2,1-2H3,(H,20,23). The lowest BCUT2D eigenvalue weighted by Crippen LogP contribution is -2.41. The summed E-state index contributed by atoms with van der Waals surface area (Å²) in [5.74, 6) is 0.860. The van der Waals surface area contributed by atoms with E-state index in [1.807, 2.05) is 32.0 Å². The van der Waals surface area contributed by atoms with Crippen LogP contribution < -0.4 is 5.32 Å². The topological polar surface area (TPSA) is 78.6 Å². The van der Waals surface area contributed by atoms with Crippen LogP contribution in [0.4, 0.5) is 10.5 Å². The Hall–Kier alpha value is -2.34. The van der Waals surface area contributed by atoms with Crippen LogP contribution in [-0.4, -0.2) is 40.7 Å². The van der Waals surface area contributed by atoms with E-state index in [4.69, 9.17) is 4.42 Å². The van der Waals surface area contributed by atoms with Crippen LogP contribution in [0.1, 0.15) is 24.1 Å². The van der Waals surface area contributed by atoms with E-state index < -0.39 is 0 Å². The number of aliphatic hydroxyl groups is 1. The number of aryl methyl sites for hydroxylation is 2. The summed E-state index contributed by atoms with van der Waals surface area (Å²) in [6.45, 7) is 5.38. The average Bonchev–Trinajstić information content (AvgIpc) is 3.03. The lowest BCUT2D eigenvalue weighted by molar-refractivity contribution is 0.143. The number of benzene rings is 1. The summed E-state index contributed by atoms with van der Waals surface area (Å²) >= 11 is 0. The Morgan fingerprint density at radius 3 is 2.75 bits per heavy atom. The first-order valence-electron chi connectivity index (χ1n) is 8.26. The summed E-state index contributed by atoms with van der Waals surface area (Å²) in [6.07, 6.45) is 3.30. The predicted molar refractivity (Wildman–Crippen MR) is 91.8 cm³/mol. The minimum atomic E-state index is -0.102. The van der Waals surface area contributed by atoms with E-state index in [-0.39, 0.29) is 12.6 Å². The van der Waals surface area contributed by atoms with Gasteiger partial charge >= 0.3 is 6.03 Å². The average molecular weight is 329 g/mol. The quantitative estimate of drug-likeness (QED) is 0.906. The normalized spacial score (nSPS) is 15.5. The Morgan fingerprint density at radius 1 is 1.38 bits per heavy atom. The van der Waals surface area contributed by atoms with Gasteiger partial charge in [0, 0.05) is 30.9 Å². The van der Waals surface area contributed by atoms with Gasteiger partial charge in [-0.3, -0.25) is 0 Å². The fourth-order valence-electron chi connectivity index (χ4n) is 2.89. The van der Waals surface area contributed by atoms with Crippen molar-refractivity contribution in [3.8, 4) is 11.5 Å². The summed E-state index contributed by atoms with van der Waals surface area (Å²) in [4.78, 5) is 18.6. The predicted octanol–water partition coefficient (Wildman–Crippen LogP) is 3.19. The zero-order valence-electron chi connectivity index (χ0n) is 14.1. The second kappa shape index (κ2) is 7.05. The molecule has 2 N–H and O–H groups in total. The number of likely N-dealkylation sites (tertiary alicyclic amines) is 1. The van der Waals surface area contributed by atoms with Crippen LogP contribution in [-0.2, 0) is 0 Å². The van der Waals surface area contributed by atoms with Crippen LogP contribution >= 0.6 is 0 Å². The number of aromatic nitrogens is 1. The van der Waals surface area contributed by atoms with Gasteiger partial charge in [-0.2, -0.15) is 0 Å². The highest BCUT2D eigenvalue weighted by atomic mass is 16.3. The maximum Gasteiger partial charge on any atom is 0.321 e. The number of oxazole rings is 1. The van der Waals surface area contributed by atoms with Crippen molar-refractivity contribution in [1.29, 1.82) is 0 Å². The molecule has 2 amide bonds. The van der Waals surface area contributed by atoms with Crippen LogP contribution in [0.2, 0.25) is 0 Å². The van der Waals surface area contributed by atoms with E-state index in [1.54, 1.807) is 11.2 Å². The highest BCUT2D eigenvalue weighted by molar-refractivity contribution is 5.91. The summed E-state index contributed by atoms with van der Waals surface area (Å²) in [6, 6.07) is 5.67. The molecule has 1 fully saturated rings. The summed E-state index contributed by atoms with van der Waals surface area (Å²) in [7, 11) is 0. The SMILES string of the molecule is Cc1coc(-c2ccc(C)c(NC(=O)N3CCC(CO)CC3)c2)n1. The van der Waals surface area contributed by atoms with Gasteiger partial charge in [0.1, 0.15) is 6.26 Å².